The van der Waals surface area contributed by atoms with Crippen LogP contribution in [-0.4, -0.2) is 8.07 Å². The van der Waals surface area contributed by atoms with Crippen molar-refractivity contribution in [3.05, 3.63) is 46.4 Å². The van der Waals surface area contributed by atoms with Gasteiger partial charge in [-0.25, -0.2) is 0 Å². The van der Waals surface area contributed by atoms with E-state index in [9.17, 15) is 0 Å². The van der Waals surface area contributed by atoms with Crippen molar-refractivity contribution in [2.75, 3.05) is 0 Å². The minimum Gasteiger partial charge on any atom is -1.00 e. The molecule has 4 rings (SSSR count). The average molecular weight is 415 g/mol. The second-order valence-corrected chi connectivity index (χ2v) is 15.3. The van der Waals surface area contributed by atoms with E-state index in [-0.39, 0.29) is 44.0 Å². The fourth-order valence-electron chi connectivity index (χ4n) is 5.66. The maximum Gasteiger partial charge on any atom is -1.00 e. The summed E-state index contributed by atoms with van der Waals surface area (Å²) in [6.45, 7) is 2.44. The Bertz CT molecular complexity index is 548. The van der Waals surface area contributed by atoms with Crippen LogP contribution in [0.1, 0.15) is 32.6 Å². The number of halogens is 2. The van der Waals surface area contributed by atoms with Crippen LogP contribution in [0.25, 0.3) is 0 Å². The average Bonchev–Trinajstić information content (AvgIpc) is 3.11. The number of rotatable bonds is 5. The molecule has 0 aromatic rings. The smallest absolute Gasteiger partial charge is 1.00 e. The van der Waals surface area contributed by atoms with E-state index in [2.05, 4.69) is 49.5 Å². The second kappa shape index (κ2) is 8.91. The Labute approximate surface area is 170 Å². The van der Waals surface area contributed by atoms with E-state index in [0.717, 1.165) is 21.6 Å². The summed E-state index contributed by atoms with van der Waals surface area (Å²) in [6.07, 6.45) is 22.8. The van der Waals surface area contributed by atoms with Gasteiger partial charge >= 0.3 is 146 Å². The van der Waals surface area contributed by atoms with Gasteiger partial charge < -0.3 is 24.8 Å². The molecule has 4 atom stereocenters. The van der Waals surface area contributed by atoms with Crippen LogP contribution in [0.5, 0.6) is 0 Å². The molecule has 0 aromatic carbocycles. The minimum absolute atomic E-state index is 0. The van der Waals surface area contributed by atoms with Crippen LogP contribution in [0.2, 0.25) is 27.9 Å². The molecule has 1 saturated heterocycles. The first-order valence-electron chi connectivity index (χ1n) is 9.30. The predicted molar refractivity (Wildman–Crippen MR) is 94.3 cm³/mol. The topological polar surface area (TPSA) is 0 Å². The molecule has 0 amide bonds. The first-order valence-corrected chi connectivity index (χ1v) is 13.7. The van der Waals surface area contributed by atoms with Crippen molar-refractivity contribution in [2.24, 2.45) is 11.8 Å². The molecule has 0 radical (unpaired) electrons. The van der Waals surface area contributed by atoms with Crippen molar-refractivity contribution in [3.63, 3.8) is 0 Å². The van der Waals surface area contributed by atoms with E-state index in [1.807, 2.05) is 3.88 Å². The molecule has 130 valence electrons. The van der Waals surface area contributed by atoms with Gasteiger partial charge in [-0.3, -0.25) is 0 Å². The maximum atomic E-state index is 2.62. The quantitative estimate of drug-likeness (QED) is 0.560. The van der Waals surface area contributed by atoms with E-state index in [0.29, 0.717) is 0 Å². The van der Waals surface area contributed by atoms with Gasteiger partial charge in [-0.1, -0.05) is 0 Å². The van der Waals surface area contributed by atoms with Crippen molar-refractivity contribution >= 4 is 8.07 Å². The first kappa shape index (κ1) is 20.8. The van der Waals surface area contributed by atoms with E-state index < -0.39 is 8.07 Å². The van der Waals surface area contributed by atoms with Gasteiger partial charge in [0.05, 0.1) is 0 Å². The Hall–Kier alpha value is 0.471. The summed E-state index contributed by atoms with van der Waals surface area (Å²) in [4.78, 5) is 0. The standard InChI is InChI=1S/C15H23Si.C5H5.2ClH.Ti/c1-2-10-16(11-5-12-16)15-9-8-13-6-3-4-7-14(13)15;1-2-4-5-3-1;;;/h3-4,6-7,9,13-15H,2,5,8,10-12H2,1H3;1-3H,4H2;2*1H;/q;;;;+2/p-2. The Morgan fingerprint density at radius 3 is 2.54 bits per heavy atom. The normalized spacial score (nSPS) is 34.5. The molecule has 1 aliphatic heterocycles. The molecule has 24 heavy (non-hydrogen) atoms. The van der Waals surface area contributed by atoms with E-state index in [4.69, 9.17) is 0 Å². The monoisotopic (exact) mass is 414 g/mol. The molecular formula is C20H28Cl2SiTi. The molecule has 1 saturated carbocycles. The van der Waals surface area contributed by atoms with Crippen LogP contribution in [-0.2, 0) is 19.2 Å². The Kier molecular flexibility index (Phi) is 7.71. The maximum absolute atomic E-state index is 2.62. The molecule has 0 nitrogen and oxygen atoms in total. The second-order valence-electron chi connectivity index (χ2n) is 7.81. The van der Waals surface area contributed by atoms with Crippen LogP contribution >= 0.6 is 0 Å². The molecule has 0 spiro atoms. The third-order valence-electron chi connectivity index (χ3n) is 6.62. The van der Waals surface area contributed by atoms with Gasteiger partial charge in [0.15, 0.2) is 0 Å². The van der Waals surface area contributed by atoms with Gasteiger partial charge in [-0.2, -0.15) is 0 Å². The molecular weight excluding hydrogens is 387 g/mol. The summed E-state index contributed by atoms with van der Waals surface area (Å²) < 4.78 is 2.94. The SMILES string of the molecule is CCC[Si]1(C2[CH]([Ti+2][C]3=CC=CC3)CC3C=CC=CC32)CCC1.[Cl-].[Cl-]. The molecule has 4 heteroatoms. The fourth-order valence-corrected chi connectivity index (χ4v) is 16.2. The Morgan fingerprint density at radius 2 is 1.92 bits per heavy atom. The number of fused-ring (bicyclic) bond motifs is 1. The third kappa shape index (κ3) is 3.76. The van der Waals surface area contributed by atoms with Crippen LogP contribution < -0.4 is 24.8 Å². The van der Waals surface area contributed by atoms with Crippen LogP contribution in [0.3, 0.4) is 0 Å². The number of hydrogen-bond donors (Lipinski definition) is 0. The molecule has 0 bridgehead atoms. The van der Waals surface area contributed by atoms with Crippen molar-refractivity contribution < 1.29 is 44.0 Å². The largest absolute Gasteiger partial charge is 1.00 e. The van der Waals surface area contributed by atoms with Crippen molar-refractivity contribution in [3.8, 4) is 0 Å². The molecule has 4 unspecified atom stereocenters. The zero-order valence-electron chi connectivity index (χ0n) is 14.6. The van der Waals surface area contributed by atoms with Crippen molar-refractivity contribution in [1.82, 2.24) is 0 Å². The molecule has 0 aromatic heterocycles. The zero-order chi connectivity index (χ0) is 15.0. The summed E-state index contributed by atoms with van der Waals surface area (Å²) in [5.41, 5.74) is 1.13. The molecule has 1 heterocycles. The Morgan fingerprint density at radius 1 is 1.12 bits per heavy atom. The summed E-state index contributed by atoms with van der Waals surface area (Å²) in [6, 6.07) is 4.94. The minimum atomic E-state index is -0.955. The van der Waals surface area contributed by atoms with Gasteiger partial charge in [0.2, 0.25) is 0 Å². The first-order chi connectivity index (χ1) is 10.8. The number of allylic oxidation sites excluding steroid dienone is 8. The van der Waals surface area contributed by atoms with E-state index in [1.54, 1.807) is 24.6 Å². The molecule has 0 N–H and O–H groups in total. The van der Waals surface area contributed by atoms with E-state index in [1.165, 1.54) is 19.3 Å². The van der Waals surface area contributed by atoms with Gasteiger partial charge in [0.25, 0.3) is 0 Å². The number of hydrogen-bond acceptors (Lipinski definition) is 0. The van der Waals surface area contributed by atoms with Crippen LogP contribution in [0.4, 0.5) is 0 Å². The van der Waals surface area contributed by atoms with Crippen LogP contribution in [0.15, 0.2) is 46.4 Å². The summed E-state index contributed by atoms with van der Waals surface area (Å²) in [7, 11) is -0.955. The fraction of sp³-hybridized carbons (Fsp3) is 0.600. The zero-order valence-corrected chi connectivity index (χ0v) is 18.6. The summed E-state index contributed by atoms with van der Waals surface area (Å²) in [5, 5.41) is 0. The molecule has 3 aliphatic carbocycles. The Balaban J connectivity index is 0.00000104. The van der Waals surface area contributed by atoms with Gasteiger partial charge in [-0.15, -0.1) is 0 Å². The third-order valence-corrected chi connectivity index (χ3v) is 16.2. The summed E-state index contributed by atoms with van der Waals surface area (Å²) in [5.74, 6) is 1.81. The predicted octanol–water partition coefficient (Wildman–Crippen LogP) is 0.104. The van der Waals surface area contributed by atoms with Crippen molar-refractivity contribution in [2.45, 2.75) is 60.5 Å². The van der Waals surface area contributed by atoms with E-state index >= 15 is 0 Å². The van der Waals surface area contributed by atoms with Gasteiger partial charge in [0, 0.05) is 0 Å². The van der Waals surface area contributed by atoms with Crippen molar-refractivity contribution in [1.29, 1.82) is 0 Å². The molecule has 4 aliphatic rings. The molecule has 2 fully saturated rings. The summed E-state index contributed by atoms with van der Waals surface area (Å²) >= 11 is 0.0994. The van der Waals surface area contributed by atoms with Gasteiger partial charge in [0.1, 0.15) is 0 Å². The van der Waals surface area contributed by atoms with Crippen LogP contribution in [0, 0.1) is 11.8 Å². The van der Waals surface area contributed by atoms with Gasteiger partial charge in [-0.05, 0) is 0 Å².